The van der Waals surface area contributed by atoms with Crippen LogP contribution in [0.5, 0.6) is 0 Å². The van der Waals surface area contributed by atoms with Crippen LogP contribution in [0, 0.1) is 5.92 Å². The van der Waals surface area contributed by atoms with Crippen molar-refractivity contribution in [2.75, 3.05) is 29.9 Å². The summed E-state index contributed by atoms with van der Waals surface area (Å²) >= 11 is 0. The van der Waals surface area contributed by atoms with Gasteiger partial charge in [0.1, 0.15) is 0 Å². The summed E-state index contributed by atoms with van der Waals surface area (Å²) < 4.78 is 22.8. The Morgan fingerprint density at radius 3 is 2.76 bits per heavy atom. The summed E-state index contributed by atoms with van der Waals surface area (Å²) in [5.41, 5.74) is 1.42. The molecule has 21 heavy (non-hydrogen) atoms. The monoisotopic (exact) mass is 310 g/mol. The van der Waals surface area contributed by atoms with E-state index >= 15 is 0 Å². The van der Waals surface area contributed by atoms with Crippen molar-refractivity contribution in [3.05, 3.63) is 29.8 Å². The fraction of sp³-hybridized carbons (Fsp3) is 0.533. The van der Waals surface area contributed by atoms with Crippen LogP contribution >= 0.6 is 0 Å². The fourth-order valence-corrected chi connectivity index (χ4v) is 4.32. The van der Waals surface area contributed by atoms with Crippen LogP contribution in [0.4, 0.5) is 5.69 Å². The van der Waals surface area contributed by atoms with Crippen molar-refractivity contribution in [2.24, 2.45) is 5.92 Å². The van der Waals surface area contributed by atoms with Crippen molar-refractivity contribution in [3.63, 3.8) is 0 Å². The number of benzene rings is 1. The zero-order valence-corrected chi connectivity index (χ0v) is 13.1. The molecule has 1 atom stereocenters. The normalized spacial score (nSPS) is 20.1. The molecule has 1 unspecified atom stereocenters. The largest absolute Gasteiger partial charge is 0.384 e. The molecule has 2 rings (SSSR count). The van der Waals surface area contributed by atoms with E-state index in [0.717, 1.165) is 18.7 Å². The van der Waals surface area contributed by atoms with Crippen molar-refractivity contribution in [1.29, 1.82) is 0 Å². The molecule has 1 aromatic rings. The molecule has 0 radical (unpaired) electrons. The lowest BCUT2D eigenvalue weighted by molar-refractivity contribution is 0.0949. The van der Waals surface area contributed by atoms with Gasteiger partial charge in [-0.05, 0) is 30.9 Å². The number of amides is 1. The Bertz CT molecular complexity index is 599. The lowest BCUT2D eigenvalue weighted by Crippen LogP contribution is -2.30. The number of hydrogen-bond donors (Lipinski definition) is 2. The zero-order valence-electron chi connectivity index (χ0n) is 12.3. The summed E-state index contributed by atoms with van der Waals surface area (Å²) in [4.78, 5) is 12.2. The molecule has 1 aromatic carbocycles. The molecule has 1 saturated heterocycles. The van der Waals surface area contributed by atoms with Crippen LogP contribution in [0.3, 0.4) is 0 Å². The highest BCUT2D eigenvalue weighted by Crippen LogP contribution is 2.18. The van der Waals surface area contributed by atoms with Gasteiger partial charge in [0.15, 0.2) is 9.84 Å². The molecular formula is C15H22N2O3S. The van der Waals surface area contributed by atoms with E-state index in [-0.39, 0.29) is 23.3 Å². The Hall–Kier alpha value is -1.56. The van der Waals surface area contributed by atoms with Gasteiger partial charge in [0.25, 0.3) is 5.91 Å². The average molecular weight is 310 g/mol. The Kier molecular flexibility index (Phi) is 5.22. The Labute approximate surface area is 126 Å². The standard InChI is InChI=1S/C15H22N2O3S/c1-2-8-16-14-6-4-3-5-13(14)15(18)17-10-12-7-9-21(19,20)11-12/h3-6,12,16H,2,7-11H2,1H3,(H,17,18). The summed E-state index contributed by atoms with van der Waals surface area (Å²) in [6.07, 6.45) is 1.62. The molecule has 0 bridgehead atoms. The highest BCUT2D eigenvalue weighted by molar-refractivity contribution is 7.91. The van der Waals surface area contributed by atoms with Crippen LogP contribution < -0.4 is 10.6 Å². The lowest BCUT2D eigenvalue weighted by Gasteiger charge is -2.13. The van der Waals surface area contributed by atoms with Crippen molar-refractivity contribution in [2.45, 2.75) is 19.8 Å². The zero-order chi connectivity index (χ0) is 15.3. The van der Waals surface area contributed by atoms with Crippen molar-refractivity contribution in [1.82, 2.24) is 5.32 Å². The second-order valence-corrected chi connectivity index (χ2v) is 7.68. The molecule has 0 aliphatic carbocycles. The van der Waals surface area contributed by atoms with E-state index in [1.165, 1.54) is 0 Å². The quantitative estimate of drug-likeness (QED) is 0.838. The minimum Gasteiger partial charge on any atom is -0.384 e. The van der Waals surface area contributed by atoms with Gasteiger partial charge < -0.3 is 10.6 Å². The molecule has 1 heterocycles. The van der Waals surface area contributed by atoms with Gasteiger partial charge in [-0.15, -0.1) is 0 Å². The first-order valence-corrected chi connectivity index (χ1v) is 9.15. The summed E-state index contributed by atoms with van der Waals surface area (Å²) in [7, 11) is -2.89. The Balaban J connectivity index is 1.94. The van der Waals surface area contributed by atoms with E-state index in [2.05, 4.69) is 17.6 Å². The number of carbonyl (C=O) groups excluding carboxylic acids is 1. The van der Waals surface area contributed by atoms with E-state index in [0.29, 0.717) is 18.5 Å². The molecule has 2 N–H and O–H groups in total. The molecule has 0 aromatic heterocycles. The maximum absolute atomic E-state index is 12.2. The highest BCUT2D eigenvalue weighted by Gasteiger charge is 2.28. The number of sulfone groups is 1. The van der Waals surface area contributed by atoms with Crippen molar-refractivity contribution >= 4 is 21.4 Å². The SMILES string of the molecule is CCCNc1ccccc1C(=O)NCC1CCS(=O)(=O)C1. The topological polar surface area (TPSA) is 75.3 Å². The van der Waals surface area contributed by atoms with Gasteiger partial charge in [0, 0.05) is 18.8 Å². The molecule has 1 aliphatic heterocycles. The van der Waals surface area contributed by atoms with Crippen LogP contribution in [0.2, 0.25) is 0 Å². The van der Waals surface area contributed by atoms with Gasteiger partial charge in [-0.3, -0.25) is 4.79 Å². The molecule has 1 amide bonds. The third-order valence-corrected chi connectivity index (χ3v) is 5.45. The smallest absolute Gasteiger partial charge is 0.253 e. The highest BCUT2D eigenvalue weighted by atomic mass is 32.2. The maximum atomic E-state index is 12.2. The van der Waals surface area contributed by atoms with Gasteiger partial charge in [0.05, 0.1) is 17.1 Å². The van der Waals surface area contributed by atoms with Crippen LogP contribution in [-0.4, -0.2) is 38.9 Å². The van der Waals surface area contributed by atoms with Crippen LogP contribution in [0.25, 0.3) is 0 Å². The van der Waals surface area contributed by atoms with E-state index in [4.69, 9.17) is 0 Å². The molecular weight excluding hydrogens is 288 g/mol. The predicted molar refractivity (Wildman–Crippen MR) is 84.3 cm³/mol. The van der Waals surface area contributed by atoms with E-state index in [9.17, 15) is 13.2 Å². The van der Waals surface area contributed by atoms with Crippen LogP contribution in [-0.2, 0) is 9.84 Å². The maximum Gasteiger partial charge on any atom is 0.253 e. The summed E-state index contributed by atoms with van der Waals surface area (Å²) in [6, 6.07) is 7.37. The van der Waals surface area contributed by atoms with Crippen molar-refractivity contribution < 1.29 is 13.2 Å². The molecule has 1 aliphatic rings. The first kappa shape index (κ1) is 15.8. The minimum absolute atomic E-state index is 0.0368. The minimum atomic E-state index is -2.89. The summed E-state index contributed by atoms with van der Waals surface area (Å²) in [5, 5.41) is 6.08. The Morgan fingerprint density at radius 2 is 2.10 bits per heavy atom. The number of nitrogens with one attached hydrogen (secondary N) is 2. The third-order valence-electron chi connectivity index (χ3n) is 3.62. The van der Waals surface area contributed by atoms with Crippen molar-refractivity contribution in [3.8, 4) is 0 Å². The number of carbonyl (C=O) groups is 1. The lowest BCUT2D eigenvalue weighted by atomic mass is 10.1. The summed E-state index contributed by atoms with van der Waals surface area (Å²) in [6.45, 7) is 3.29. The molecule has 5 nitrogen and oxygen atoms in total. The number of anilines is 1. The Morgan fingerprint density at radius 1 is 1.33 bits per heavy atom. The third kappa shape index (κ3) is 4.46. The van der Waals surface area contributed by atoms with E-state index in [1.54, 1.807) is 6.07 Å². The second-order valence-electron chi connectivity index (χ2n) is 5.45. The second kappa shape index (κ2) is 6.93. The number of hydrogen-bond acceptors (Lipinski definition) is 4. The average Bonchev–Trinajstić information content (AvgIpc) is 2.82. The molecule has 1 fully saturated rings. The van der Waals surface area contributed by atoms with Gasteiger partial charge in [-0.2, -0.15) is 0 Å². The first-order valence-electron chi connectivity index (χ1n) is 7.33. The molecule has 0 saturated carbocycles. The van der Waals surface area contributed by atoms with Gasteiger partial charge in [0.2, 0.25) is 0 Å². The van der Waals surface area contributed by atoms with E-state index in [1.807, 2.05) is 18.2 Å². The van der Waals surface area contributed by atoms with Gasteiger partial charge in [-0.1, -0.05) is 19.1 Å². The number of para-hydroxylation sites is 1. The first-order chi connectivity index (χ1) is 10.0. The molecule has 116 valence electrons. The van der Waals surface area contributed by atoms with E-state index < -0.39 is 9.84 Å². The molecule has 6 heteroatoms. The summed E-state index contributed by atoms with van der Waals surface area (Å²) in [5.74, 6) is 0.304. The van der Waals surface area contributed by atoms with Crippen LogP contribution in [0.15, 0.2) is 24.3 Å². The van der Waals surface area contributed by atoms with Gasteiger partial charge >= 0.3 is 0 Å². The predicted octanol–water partition coefficient (Wildman–Crippen LogP) is 1.67. The van der Waals surface area contributed by atoms with Gasteiger partial charge in [-0.25, -0.2) is 8.42 Å². The molecule has 0 spiro atoms. The fourth-order valence-electron chi connectivity index (χ4n) is 2.46. The number of rotatable bonds is 6. The van der Waals surface area contributed by atoms with Crippen LogP contribution in [0.1, 0.15) is 30.1 Å².